The monoisotopic (exact) mass is 525 g/mol. The van der Waals surface area contributed by atoms with Crippen molar-refractivity contribution in [2.24, 2.45) is 11.5 Å². The van der Waals surface area contributed by atoms with Crippen molar-refractivity contribution >= 4 is 29.7 Å². The van der Waals surface area contributed by atoms with Crippen molar-refractivity contribution in [2.75, 3.05) is 13.2 Å². The third-order valence-corrected chi connectivity index (χ3v) is 5.39. The number of aliphatic carboxylic acids is 2. The van der Waals surface area contributed by atoms with Crippen LogP contribution in [0.4, 0.5) is 0 Å². The molecule has 0 aliphatic heterocycles. The number of carboxylic acids is 2. The Morgan fingerprint density at radius 2 is 1.38 bits per heavy atom. The van der Waals surface area contributed by atoms with Gasteiger partial charge in [-0.3, -0.25) is 19.2 Å². The number of phenols is 1. The molecule has 1 rings (SSSR count). The normalized spacial score (nSPS) is 14.0. The second-order valence-corrected chi connectivity index (χ2v) is 8.40. The lowest BCUT2D eigenvalue weighted by atomic mass is 10.0. The number of nitrogens with one attached hydrogen (secondary N) is 3. The first-order valence-corrected chi connectivity index (χ1v) is 11.7. The highest BCUT2D eigenvalue weighted by atomic mass is 16.4. The van der Waals surface area contributed by atoms with E-state index in [1.54, 1.807) is 0 Å². The summed E-state index contributed by atoms with van der Waals surface area (Å²) in [5.41, 5.74) is 11.9. The van der Waals surface area contributed by atoms with Gasteiger partial charge in [0.15, 0.2) is 0 Å². The summed E-state index contributed by atoms with van der Waals surface area (Å²) in [6, 6.07) is 0.518. The number of hydrogen-bond acceptors (Lipinski definition) is 9. The number of unbranched alkanes of at least 4 members (excludes halogenated alkanes) is 1. The minimum Gasteiger partial charge on any atom is -0.508 e. The Balaban J connectivity index is 2.98. The van der Waals surface area contributed by atoms with Gasteiger partial charge in [0.2, 0.25) is 17.7 Å². The van der Waals surface area contributed by atoms with E-state index in [0.717, 1.165) is 0 Å². The van der Waals surface area contributed by atoms with Crippen LogP contribution < -0.4 is 27.4 Å². The zero-order chi connectivity index (χ0) is 28.0. The molecule has 14 nitrogen and oxygen atoms in total. The molecule has 0 fully saturated rings. The molecule has 1 aromatic rings. The lowest BCUT2D eigenvalue weighted by molar-refractivity contribution is -0.143. The van der Waals surface area contributed by atoms with Crippen LogP contribution in [-0.4, -0.2) is 87.4 Å². The second-order valence-electron chi connectivity index (χ2n) is 8.40. The van der Waals surface area contributed by atoms with E-state index in [-0.39, 0.29) is 12.2 Å². The summed E-state index contributed by atoms with van der Waals surface area (Å²) in [4.78, 5) is 60.2. The van der Waals surface area contributed by atoms with Gasteiger partial charge in [-0.1, -0.05) is 18.6 Å². The van der Waals surface area contributed by atoms with Crippen molar-refractivity contribution in [1.29, 1.82) is 0 Å². The summed E-state index contributed by atoms with van der Waals surface area (Å²) in [6.45, 7) is -0.467. The molecule has 206 valence electrons. The number of aliphatic hydroxyl groups is 1. The largest absolute Gasteiger partial charge is 0.508 e. The maximum atomic E-state index is 13.0. The van der Waals surface area contributed by atoms with Crippen molar-refractivity contribution in [3.8, 4) is 5.75 Å². The van der Waals surface area contributed by atoms with E-state index >= 15 is 0 Å². The number of benzene rings is 1. The zero-order valence-electron chi connectivity index (χ0n) is 20.3. The number of aliphatic hydroxyl groups excluding tert-OH is 1. The van der Waals surface area contributed by atoms with E-state index in [0.29, 0.717) is 31.4 Å². The van der Waals surface area contributed by atoms with Crippen LogP contribution in [0.5, 0.6) is 5.75 Å². The van der Waals surface area contributed by atoms with Gasteiger partial charge in [-0.05, 0) is 43.5 Å². The van der Waals surface area contributed by atoms with Crippen LogP contribution in [0.25, 0.3) is 0 Å². The van der Waals surface area contributed by atoms with Gasteiger partial charge in [-0.15, -0.1) is 0 Å². The van der Waals surface area contributed by atoms with Crippen LogP contribution in [0, 0.1) is 0 Å². The molecule has 0 aliphatic rings. The molecule has 0 radical (unpaired) electrons. The van der Waals surface area contributed by atoms with E-state index in [2.05, 4.69) is 16.0 Å². The van der Waals surface area contributed by atoms with E-state index in [1.165, 1.54) is 24.3 Å². The van der Waals surface area contributed by atoms with Gasteiger partial charge in [-0.2, -0.15) is 0 Å². The van der Waals surface area contributed by atoms with Crippen LogP contribution >= 0.6 is 0 Å². The molecule has 11 N–H and O–H groups in total. The van der Waals surface area contributed by atoms with Gasteiger partial charge >= 0.3 is 11.9 Å². The number of carbonyl (C=O) groups excluding carboxylic acids is 3. The molecule has 0 saturated heterocycles. The molecule has 0 aromatic heterocycles. The minimum absolute atomic E-state index is 0.0105. The highest BCUT2D eigenvalue weighted by Crippen LogP contribution is 2.12. The molecule has 37 heavy (non-hydrogen) atoms. The maximum absolute atomic E-state index is 13.0. The summed E-state index contributed by atoms with van der Waals surface area (Å²) in [6.07, 6.45) is 0.590. The Kier molecular flexibility index (Phi) is 13.6. The zero-order valence-corrected chi connectivity index (χ0v) is 20.3. The summed E-state index contributed by atoms with van der Waals surface area (Å²) in [5.74, 6) is -5.30. The molecule has 0 saturated carbocycles. The number of nitrogens with two attached hydrogens (primary N) is 2. The lowest BCUT2D eigenvalue weighted by Crippen LogP contribution is -2.58. The third-order valence-electron chi connectivity index (χ3n) is 5.39. The summed E-state index contributed by atoms with van der Waals surface area (Å²) < 4.78 is 0. The maximum Gasteiger partial charge on any atom is 0.326 e. The smallest absolute Gasteiger partial charge is 0.326 e. The topological polar surface area (TPSA) is 254 Å². The summed E-state index contributed by atoms with van der Waals surface area (Å²) in [7, 11) is 0. The standard InChI is InChI=1S/C23H35N5O9/c24-10-2-1-3-15(25)20(33)27-17(11-13-4-6-14(30)7-5-13)21(34)28-18(12-29)22(35)26-16(23(36)37)8-9-19(31)32/h4-7,15-18,29-30H,1-3,8-12,24-25H2,(H,26,35)(H,27,33)(H,28,34)(H,31,32)(H,36,37). The van der Waals surface area contributed by atoms with Crippen LogP contribution in [0.1, 0.15) is 37.7 Å². The van der Waals surface area contributed by atoms with E-state index in [1.807, 2.05) is 0 Å². The van der Waals surface area contributed by atoms with Crippen molar-refractivity contribution in [3.63, 3.8) is 0 Å². The van der Waals surface area contributed by atoms with Gasteiger partial charge < -0.3 is 47.8 Å². The van der Waals surface area contributed by atoms with E-state index in [4.69, 9.17) is 16.6 Å². The average Bonchev–Trinajstić information content (AvgIpc) is 2.85. The molecule has 1 aromatic carbocycles. The average molecular weight is 526 g/mol. The van der Waals surface area contributed by atoms with Crippen LogP contribution in [0.3, 0.4) is 0 Å². The number of aromatic hydroxyl groups is 1. The predicted molar refractivity (Wildman–Crippen MR) is 130 cm³/mol. The summed E-state index contributed by atoms with van der Waals surface area (Å²) >= 11 is 0. The van der Waals surface area contributed by atoms with Crippen molar-refractivity contribution in [1.82, 2.24) is 16.0 Å². The van der Waals surface area contributed by atoms with Crippen LogP contribution in [0.15, 0.2) is 24.3 Å². The van der Waals surface area contributed by atoms with E-state index in [9.17, 15) is 39.3 Å². The van der Waals surface area contributed by atoms with Crippen LogP contribution in [-0.2, 0) is 30.4 Å². The van der Waals surface area contributed by atoms with Gasteiger partial charge in [-0.25, -0.2) is 4.79 Å². The number of phenolic OH excluding ortho intramolecular Hbond substituents is 1. The molecule has 4 atom stereocenters. The first-order chi connectivity index (χ1) is 17.5. The lowest BCUT2D eigenvalue weighted by Gasteiger charge is -2.24. The first-order valence-electron chi connectivity index (χ1n) is 11.7. The number of carboxylic acid groups (broad SMARTS) is 2. The number of rotatable bonds is 17. The quantitative estimate of drug-likeness (QED) is 0.0985. The predicted octanol–water partition coefficient (Wildman–Crippen LogP) is -2.21. The molecule has 3 amide bonds. The molecule has 0 aliphatic carbocycles. The van der Waals surface area contributed by atoms with Gasteiger partial charge in [0.05, 0.1) is 12.6 Å². The van der Waals surface area contributed by atoms with Crippen LogP contribution in [0.2, 0.25) is 0 Å². The number of amides is 3. The van der Waals surface area contributed by atoms with Gasteiger partial charge in [0.25, 0.3) is 0 Å². The second kappa shape index (κ2) is 16.1. The fourth-order valence-electron chi connectivity index (χ4n) is 3.26. The highest BCUT2D eigenvalue weighted by molar-refractivity contribution is 5.94. The summed E-state index contributed by atoms with van der Waals surface area (Å²) in [5, 5.41) is 44.0. The fourth-order valence-corrected chi connectivity index (χ4v) is 3.26. The molecule has 4 unspecified atom stereocenters. The fraction of sp³-hybridized carbons (Fsp3) is 0.522. The Hall–Kier alpha value is -3.75. The third kappa shape index (κ3) is 11.7. The van der Waals surface area contributed by atoms with Gasteiger partial charge in [0.1, 0.15) is 23.9 Å². The highest BCUT2D eigenvalue weighted by Gasteiger charge is 2.30. The molecular formula is C23H35N5O9. The molecule has 0 bridgehead atoms. The molecule has 0 heterocycles. The SMILES string of the molecule is NCCCCC(N)C(=O)NC(Cc1ccc(O)cc1)C(=O)NC(CO)C(=O)NC(CCC(=O)O)C(=O)O. The molecular weight excluding hydrogens is 490 g/mol. The Morgan fingerprint density at radius 3 is 1.92 bits per heavy atom. The first kappa shape index (κ1) is 31.3. The number of hydrogen-bond donors (Lipinski definition) is 9. The Labute approximate surface area is 213 Å². The van der Waals surface area contributed by atoms with Gasteiger partial charge in [0, 0.05) is 12.8 Å². The van der Waals surface area contributed by atoms with E-state index < -0.39 is 73.3 Å². The Morgan fingerprint density at radius 1 is 0.811 bits per heavy atom. The Bertz CT molecular complexity index is 926. The molecule has 0 spiro atoms. The van der Waals surface area contributed by atoms with Crippen molar-refractivity contribution in [3.05, 3.63) is 29.8 Å². The minimum atomic E-state index is -1.59. The molecule has 14 heteroatoms. The number of carbonyl (C=O) groups is 5. The van der Waals surface area contributed by atoms with Crippen molar-refractivity contribution in [2.45, 2.75) is 62.7 Å². The van der Waals surface area contributed by atoms with Crippen molar-refractivity contribution < 1.29 is 44.4 Å².